The van der Waals surface area contributed by atoms with Crippen LogP contribution in [0.4, 0.5) is 0 Å². The van der Waals surface area contributed by atoms with Crippen LogP contribution in [0.3, 0.4) is 0 Å². The Hall–Kier alpha value is -1.12. The maximum absolute atomic E-state index is 5.62. The molecule has 1 aromatic rings. The molecule has 0 saturated carbocycles. The molecule has 1 aromatic carbocycles. The molecule has 0 bridgehead atoms. The van der Waals surface area contributed by atoms with Gasteiger partial charge in [0.05, 0.1) is 26.4 Å². The summed E-state index contributed by atoms with van der Waals surface area (Å²) in [5.74, 6) is 0. The van der Waals surface area contributed by atoms with E-state index in [9.17, 15) is 0 Å². The molecule has 84 valence electrons. The Kier molecular flexibility index (Phi) is 2.54. The highest BCUT2D eigenvalue weighted by Gasteiger charge is 2.41. The van der Waals surface area contributed by atoms with Gasteiger partial charge in [0.25, 0.3) is 0 Å². The molecule has 2 aliphatic heterocycles. The van der Waals surface area contributed by atoms with E-state index in [0.29, 0.717) is 0 Å². The van der Waals surface area contributed by atoms with Crippen LogP contribution >= 0.6 is 0 Å². The predicted octanol–water partition coefficient (Wildman–Crippen LogP) is 2.20. The van der Waals surface area contributed by atoms with Crippen LogP contribution in [0.1, 0.15) is 5.56 Å². The molecule has 2 nitrogen and oxygen atoms in total. The highest BCUT2D eigenvalue weighted by molar-refractivity contribution is 5.27. The third-order valence-electron chi connectivity index (χ3n) is 3.53. The van der Waals surface area contributed by atoms with Gasteiger partial charge in [-0.15, -0.1) is 0 Å². The van der Waals surface area contributed by atoms with E-state index < -0.39 is 0 Å². The van der Waals surface area contributed by atoms with Crippen LogP contribution in [0.25, 0.3) is 0 Å². The lowest BCUT2D eigenvalue weighted by Crippen LogP contribution is -2.34. The Morgan fingerprint density at radius 2 is 1.88 bits per heavy atom. The second-order valence-corrected chi connectivity index (χ2v) is 4.68. The zero-order chi connectivity index (χ0) is 10.8. The number of hydrogen-bond acceptors (Lipinski definition) is 2. The fourth-order valence-corrected chi connectivity index (χ4v) is 2.63. The van der Waals surface area contributed by atoms with Gasteiger partial charge in [0.2, 0.25) is 0 Å². The van der Waals surface area contributed by atoms with Crippen molar-refractivity contribution >= 4 is 0 Å². The van der Waals surface area contributed by atoms with Crippen molar-refractivity contribution in [3.63, 3.8) is 0 Å². The largest absolute Gasteiger partial charge is 0.376 e. The Labute approximate surface area is 95.9 Å². The fourth-order valence-electron chi connectivity index (χ4n) is 2.63. The lowest BCUT2D eigenvalue weighted by Gasteiger charge is -2.32. The van der Waals surface area contributed by atoms with Crippen LogP contribution in [-0.2, 0) is 15.9 Å². The average molecular weight is 216 g/mol. The molecule has 0 unspecified atom stereocenters. The van der Waals surface area contributed by atoms with Crippen LogP contribution in [0.5, 0.6) is 0 Å². The summed E-state index contributed by atoms with van der Waals surface area (Å²) in [5.41, 5.74) is 2.91. The minimum Gasteiger partial charge on any atom is -0.376 e. The van der Waals surface area contributed by atoms with E-state index in [1.165, 1.54) is 11.1 Å². The highest BCUT2D eigenvalue weighted by Crippen LogP contribution is 2.39. The van der Waals surface area contributed by atoms with Crippen LogP contribution in [-0.4, -0.2) is 26.4 Å². The lowest BCUT2D eigenvalue weighted by molar-refractivity contribution is 0.0478. The molecule has 0 radical (unpaired) electrons. The number of rotatable bonds is 2. The van der Waals surface area contributed by atoms with Gasteiger partial charge in [-0.25, -0.2) is 0 Å². The van der Waals surface area contributed by atoms with Gasteiger partial charge in [0, 0.05) is 5.41 Å². The van der Waals surface area contributed by atoms with Gasteiger partial charge in [-0.3, -0.25) is 0 Å². The Balaban J connectivity index is 1.87. The minimum atomic E-state index is 0.111. The zero-order valence-corrected chi connectivity index (χ0v) is 9.32. The summed E-state index contributed by atoms with van der Waals surface area (Å²) in [5, 5.41) is 0. The molecule has 0 aliphatic carbocycles. The van der Waals surface area contributed by atoms with E-state index in [1.807, 2.05) is 0 Å². The van der Waals surface area contributed by atoms with Gasteiger partial charge in [-0.05, 0) is 17.6 Å². The van der Waals surface area contributed by atoms with Crippen molar-refractivity contribution in [2.24, 2.45) is 5.41 Å². The minimum absolute atomic E-state index is 0.111. The van der Waals surface area contributed by atoms with E-state index >= 15 is 0 Å². The molecule has 3 rings (SSSR count). The Bertz CT molecular complexity index is 396. The summed E-state index contributed by atoms with van der Waals surface area (Å²) in [6.45, 7) is 3.13. The van der Waals surface area contributed by atoms with E-state index in [1.54, 1.807) is 0 Å². The van der Waals surface area contributed by atoms with E-state index in [0.717, 1.165) is 32.8 Å². The highest BCUT2D eigenvalue weighted by atomic mass is 16.5. The van der Waals surface area contributed by atoms with Crippen molar-refractivity contribution in [1.29, 1.82) is 0 Å². The van der Waals surface area contributed by atoms with Crippen molar-refractivity contribution in [1.82, 2.24) is 0 Å². The predicted molar refractivity (Wildman–Crippen MR) is 62.3 cm³/mol. The van der Waals surface area contributed by atoms with E-state index in [-0.39, 0.29) is 5.41 Å². The maximum Gasteiger partial charge on any atom is 0.0685 e. The molecule has 1 atom stereocenters. The van der Waals surface area contributed by atoms with E-state index in [2.05, 4.69) is 36.4 Å². The van der Waals surface area contributed by atoms with E-state index in [4.69, 9.17) is 9.47 Å². The molecule has 0 spiro atoms. The Morgan fingerprint density at radius 1 is 1.06 bits per heavy atom. The molecule has 1 fully saturated rings. The van der Waals surface area contributed by atoms with Crippen LogP contribution in [0.15, 0.2) is 42.0 Å². The average Bonchev–Trinajstić information content (AvgIpc) is 2.73. The number of fused-ring (bicyclic) bond motifs is 1. The summed E-state index contributed by atoms with van der Waals surface area (Å²) in [7, 11) is 0. The first-order valence-electron chi connectivity index (χ1n) is 5.78. The van der Waals surface area contributed by atoms with Gasteiger partial charge in [-0.1, -0.05) is 36.4 Å². The number of ether oxygens (including phenoxy) is 2. The molecule has 1 saturated heterocycles. The molecule has 0 N–H and O–H groups in total. The fraction of sp³-hybridized carbons (Fsp3) is 0.429. The summed E-state index contributed by atoms with van der Waals surface area (Å²) in [6.07, 6.45) is 3.22. The molecule has 16 heavy (non-hydrogen) atoms. The summed E-state index contributed by atoms with van der Waals surface area (Å²) in [4.78, 5) is 0. The first kappa shape index (κ1) is 10.1. The van der Waals surface area contributed by atoms with Crippen molar-refractivity contribution in [2.75, 3.05) is 26.4 Å². The zero-order valence-electron chi connectivity index (χ0n) is 9.32. The topological polar surface area (TPSA) is 18.5 Å². The van der Waals surface area contributed by atoms with Crippen molar-refractivity contribution < 1.29 is 9.47 Å². The third kappa shape index (κ3) is 1.68. The third-order valence-corrected chi connectivity index (χ3v) is 3.53. The molecular formula is C14H16O2. The second kappa shape index (κ2) is 4.04. The van der Waals surface area contributed by atoms with Gasteiger partial charge >= 0.3 is 0 Å². The molecule has 0 amide bonds. The van der Waals surface area contributed by atoms with Gasteiger partial charge in [0.15, 0.2) is 0 Å². The van der Waals surface area contributed by atoms with Gasteiger partial charge in [-0.2, -0.15) is 0 Å². The van der Waals surface area contributed by atoms with Crippen molar-refractivity contribution in [3.05, 3.63) is 47.5 Å². The second-order valence-electron chi connectivity index (χ2n) is 4.68. The van der Waals surface area contributed by atoms with Crippen LogP contribution in [0.2, 0.25) is 0 Å². The standard InChI is InChI=1S/C14H16O2/c1-2-4-12(5-3-1)8-14-10-15-7-6-13(14)9-16-11-14/h1-6H,7-11H2/t14-/m0/s1. The lowest BCUT2D eigenvalue weighted by atomic mass is 9.77. The molecule has 0 aromatic heterocycles. The summed E-state index contributed by atoms with van der Waals surface area (Å²) < 4.78 is 11.2. The number of hydrogen-bond donors (Lipinski definition) is 0. The Morgan fingerprint density at radius 3 is 2.75 bits per heavy atom. The quantitative estimate of drug-likeness (QED) is 0.706. The summed E-state index contributed by atoms with van der Waals surface area (Å²) in [6, 6.07) is 10.6. The van der Waals surface area contributed by atoms with Crippen molar-refractivity contribution in [2.45, 2.75) is 6.42 Å². The molecule has 2 heteroatoms. The maximum atomic E-state index is 5.62. The molecule has 2 heterocycles. The van der Waals surface area contributed by atoms with Crippen molar-refractivity contribution in [3.8, 4) is 0 Å². The monoisotopic (exact) mass is 216 g/mol. The first-order valence-corrected chi connectivity index (χ1v) is 5.78. The van der Waals surface area contributed by atoms with Gasteiger partial charge < -0.3 is 9.47 Å². The molecular weight excluding hydrogens is 200 g/mol. The SMILES string of the molecule is C1=C2COC[C@]2(Cc2ccccc2)COC1. The first-order chi connectivity index (χ1) is 7.89. The summed E-state index contributed by atoms with van der Waals surface area (Å²) >= 11 is 0. The molecule has 2 aliphatic rings. The van der Waals surface area contributed by atoms with Gasteiger partial charge in [0.1, 0.15) is 0 Å². The smallest absolute Gasteiger partial charge is 0.0685 e. The number of benzene rings is 1. The normalized spacial score (nSPS) is 28.6. The van der Waals surface area contributed by atoms with Crippen LogP contribution < -0.4 is 0 Å². The van der Waals surface area contributed by atoms with Crippen LogP contribution in [0, 0.1) is 5.41 Å².